The summed E-state index contributed by atoms with van der Waals surface area (Å²) in [5.41, 5.74) is 2.75. The first-order valence-corrected chi connectivity index (χ1v) is 7.41. The summed E-state index contributed by atoms with van der Waals surface area (Å²) in [4.78, 5) is 10.7. The van der Waals surface area contributed by atoms with Crippen molar-refractivity contribution in [3.63, 3.8) is 0 Å². The van der Waals surface area contributed by atoms with Crippen molar-refractivity contribution < 1.29 is 14.8 Å². The number of hydrogen-bond donors (Lipinski definition) is 2. The Hall–Kier alpha value is -1.78. The molecule has 2 aromatic rings. The summed E-state index contributed by atoms with van der Waals surface area (Å²) in [6.45, 7) is 7.26. The number of aromatic amines is 1. The molecule has 3 N–H and O–H groups in total. The Bertz CT molecular complexity index is 457. The fourth-order valence-electron chi connectivity index (χ4n) is 2.93. The predicted molar refractivity (Wildman–Crippen MR) is 76.0 cm³/mol. The van der Waals surface area contributed by atoms with E-state index in [0.717, 1.165) is 13.1 Å². The van der Waals surface area contributed by atoms with Crippen LogP contribution in [0.2, 0.25) is 0 Å². The van der Waals surface area contributed by atoms with E-state index in [4.69, 9.17) is 0 Å². The monoisotopic (exact) mass is 271 g/mol. The molecule has 0 bridgehead atoms. The highest BCUT2D eigenvalue weighted by Gasteiger charge is 2.23. The summed E-state index contributed by atoms with van der Waals surface area (Å²) in [5.74, 6) is 0. The Morgan fingerprint density at radius 3 is 2.25 bits per heavy atom. The van der Waals surface area contributed by atoms with E-state index >= 15 is 0 Å². The molecule has 0 aromatic carbocycles. The van der Waals surface area contributed by atoms with E-state index in [1.165, 1.54) is 37.3 Å². The quantitative estimate of drug-likeness (QED) is 0.689. The molecule has 4 nitrogen and oxygen atoms in total. The van der Waals surface area contributed by atoms with Gasteiger partial charge in [-0.3, -0.25) is 4.98 Å². The van der Waals surface area contributed by atoms with Crippen LogP contribution >= 0.6 is 0 Å². The average Bonchev–Trinajstić information content (AvgIpc) is 2.51. The lowest BCUT2D eigenvalue weighted by atomic mass is 10.2. The van der Waals surface area contributed by atoms with E-state index in [-0.39, 0.29) is 0 Å². The molecule has 20 heavy (non-hydrogen) atoms. The lowest BCUT2D eigenvalue weighted by Gasteiger charge is -2.29. The molecule has 3 rings (SSSR count). The van der Waals surface area contributed by atoms with Gasteiger partial charge in [0.25, 0.3) is 0 Å². The van der Waals surface area contributed by atoms with Gasteiger partial charge in [0.1, 0.15) is 39.3 Å². The number of hydrogen-bond acceptors (Lipinski definition) is 1. The van der Waals surface area contributed by atoms with Crippen LogP contribution in [0.5, 0.6) is 0 Å². The molecule has 3 heterocycles. The van der Waals surface area contributed by atoms with Gasteiger partial charge < -0.3 is 9.80 Å². The Kier molecular flexibility index (Phi) is 4.35. The van der Waals surface area contributed by atoms with Gasteiger partial charge in [-0.2, -0.15) is 0 Å². The van der Waals surface area contributed by atoms with Gasteiger partial charge in [0.05, 0.1) is 5.56 Å². The molecular weight excluding hydrogens is 248 g/mol. The van der Waals surface area contributed by atoms with Gasteiger partial charge in [-0.25, -0.2) is 4.98 Å². The van der Waals surface area contributed by atoms with Crippen molar-refractivity contribution in [2.75, 3.05) is 26.2 Å². The van der Waals surface area contributed by atoms with E-state index in [0.29, 0.717) is 0 Å². The second kappa shape index (κ2) is 6.59. The van der Waals surface area contributed by atoms with Gasteiger partial charge in [-0.1, -0.05) is 6.07 Å². The minimum atomic E-state index is 1.11. The number of aromatic nitrogens is 2. The predicted octanol–water partition coefficient (Wildman–Crippen LogP) is -1.62. The summed E-state index contributed by atoms with van der Waals surface area (Å²) in [6, 6.07) is 8.50. The van der Waals surface area contributed by atoms with Crippen molar-refractivity contribution in [1.82, 2.24) is 4.98 Å². The molecule has 0 radical (unpaired) electrons. The maximum atomic E-state index is 4.20. The van der Waals surface area contributed by atoms with Gasteiger partial charge in [0, 0.05) is 24.0 Å². The summed E-state index contributed by atoms with van der Waals surface area (Å²) >= 11 is 0. The van der Waals surface area contributed by atoms with Crippen LogP contribution in [-0.4, -0.2) is 31.2 Å². The standard InChI is InChI=1S/C16H20N4/c1-3-15(11-17-5-1)13-19-7-9-20(10-8-19)14-16-4-2-6-18-12-16/h1-6,11-12H,7-10,13-14H2/p+3. The second-order valence-corrected chi connectivity index (χ2v) is 5.63. The fourth-order valence-corrected chi connectivity index (χ4v) is 2.93. The van der Waals surface area contributed by atoms with Crippen LogP contribution in [0.3, 0.4) is 0 Å². The van der Waals surface area contributed by atoms with E-state index in [1.54, 1.807) is 9.80 Å². The summed E-state index contributed by atoms with van der Waals surface area (Å²) in [7, 11) is 0. The highest BCUT2D eigenvalue weighted by molar-refractivity contribution is 5.06. The van der Waals surface area contributed by atoms with Crippen LogP contribution in [0, 0.1) is 0 Å². The zero-order valence-corrected chi connectivity index (χ0v) is 11.8. The Morgan fingerprint density at radius 2 is 1.65 bits per heavy atom. The minimum absolute atomic E-state index is 1.11. The molecular formula is C16H23N4+3. The van der Waals surface area contributed by atoms with Crippen LogP contribution in [-0.2, 0) is 13.1 Å². The average molecular weight is 271 g/mol. The van der Waals surface area contributed by atoms with Crippen molar-refractivity contribution >= 4 is 0 Å². The number of nitrogens with one attached hydrogen (secondary N) is 3. The first kappa shape index (κ1) is 13.2. The highest BCUT2D eigenvalue weighted by Crippen LogP contribution is 1.92. The third-order valence-corrected chi connectivity index (χ3v) is 4.07. The zero-order chi connectivity index (χ0) is 13.6. The van der Waals surface area contributed by atoms with Gasteiger partial charge in [0.15, 0.2) is 12.4 Å². The van der Waals surface area contributed by atoms with Crippen molar-refractivity contribution in [1.29, 1.82) is 0 Å². The van der Waals surface area contributed by atoms with E-state index in [9.17, 15) is 0 Å². The molecule has 104 valence electrons. The first-order chi connectivity index (χ1) is 9.90. The normalized spacial score (nSPS) is 22.6. The van der Waals surface area contributed by atoms with Crippen molar-refractivity contribution in [3.05, 3.63) is 60.2 Å². The number of nitrogens with zero attached hydrogens (tertiary/aromatic N) is 1. The number of quaternary nitrogens is 2. The van der Waals surface area contributed by atoms with Gasteiger partial charge in [-0.05, 0) is 12.1 Å². The van der Waals surface area contributed by atoms with Crippen LogP contribution < -0.4 is 14.8 Å². The van der Waals surface area contributed by atoms with Crippen LogP contribution in [0.1, 0.15) is 11.1 Å². The van der Waals surface area contributed by atoms with Crippen molar-refractivity contribution in [2.45, 2.75) is 13.1 Å². The molecule has 0 spiro atoms. The fraction of sp³-hybridized carbons (Fsp3) is 0.375. The molecule has 0 saturated carbocycles. The van der Waals surface area contributed by atoms with E-state index in [2.05, 4.69) is 34.4 Å². The summed E-state index contributed by atoms with van der Waals surface area (Å²) in [6.07, 6.45) is 7.92. The summed E-state index contributed by atoms with van der Waals surface area (Å²) < 4.78 is 0. The third kappa shape index (κ3) is 3.62. The second-order valence-electron chi connectivity index (χ2n) is 5.63. The number of pyridine rings is 2. The van der Waals surface area contributed by atoms with Gasteiger partial charge in [-0.15, -0.1) is 0 Å². The maximum absolute atomic E-state index is 4.20. The first-order valence-electron chi connectivity index (χ1n) is 7.41. The maximum Gasteiger partial charge on any atom is 0.175 e. The SMILES string of the molecule is c1cncc(C[NH+]2CC[NH+](Cc3ccc[nH+]c3)CC2)c1. The third-order valence-electron chi connectivity index (χ3n) is 4.07. The van der Waals surface area contributed by atoms with Gasteiger partial charge in [0.2, 0.25) is 0 Å². The number of rotatable bonds is 4. The topological polar surface area (TPSA) is 35.9 Å². The number of H-pyrrole nitrogens is 1. The van der Waals surface area contributed by atoms with Crippen LogP contribution in [0.15, 0.2) is 49.1 Å². The molecule has 0 unspecified atom stereocenters. The van der Waals surface area contributed by atoms with Gasteiger partial charge >= 0.3 is 0 Å². The smallest absolute Gasteiger partial charge is 0.175 e. The molecule has 1 saturated heterocycles. The highest BCUT2D eigenvalue weighted by atomic mass is 15.3. The van der Waals surface area contributed by atoms with E-state index in [1.807, 2.05) is 24.7 Å². The Balaban J connectivity index is 1.47. The molecule has 0 amide bonds. The Morgan fingerprint density at radius 1 is 0.950 bits per heavy atom. The van der Waals surface area contributed by atoms with E-state index < -0.39 is 0 Å². The molecule has 4 heteroatoms. The van der Waals surface area contributed by atoms with Crippen molar-refractivity contribution in [3.8, 4) is 0 Å². The molecule has 1 aliphatic rings. The molecule has 1 aliphatic heterocycles. The lowest BCUT2D eigenvalue weighted by Crippen LogP contribution is -3.27. The number of piperazine rings is 1. The Labute approximate surface area is 120 Å². The van der Waals surface area contributed by atoms with Crippen molar-refractivity contribution in [2.24, 2.45) is 0 Å². The minimum Gasteiger partial charge on any atom is -0.322 e. The molecule has 1 fully saturated rings. The van der Waals surface area contributed by atoms with Crippen LogP contribution in [0.4, 0.5) is 0 Å². The van der Waals surface area contributed by atoms with Crippen LogP contribution in [0.25, 0.3) is 0 Å². The molecule has 0 aliphatic carbocycles. The zero-order valence-electron chi connectivity index (χ0n) is 11.8. The molecule has 2 aromatic heterocycles. The lowest BCUT2D eigenvalue weighted by molar-refractivity contribution is -1.02. The molecule has 0 atom stereocenters. The largest absolute Gasteiger partial charge is 0.322 e. The summed E-state index contributed by atoms with van der Waals surface area (Å²) in [5, 5.41) is 0.